The van der Waals surface area contributed by atoms with Crippen molar-refractivity contribution in [2.75, 3.05) is 12.3 Å². The van der Waals surface area contributed by atoms with Crippen molar-refractivity contribution in [2.45, 2.75) is 49.3 Å². The zero-order chi connectivity index (χ0) is 13.7. The van der Waals surface area contributed by atoms with Crippen LogP contribution in [0.15, 0.2) is 21.7 Å². The van der Waals surface area contributed by atoms with Crippen LogP contribution in [0.25, 0.3) is 0 Å². The lowest BCUT2D eigenvalue weighted by molar-refractivity contribution is 0.286. The van der Waals surface area contributed by atoms with Gasteiger partial charge in [-0.05, 0) is 36.8 Å². The van der Waals surface area contributed by atoms with Gasteiger partial charge in [-0.15, -0.1) is 11.3 Å². The Morgan fingerprint density at radius 1 is 1.37 bits per heavy atom. The lowest BCUT2D eigenvalue weighted by Gasteiger charge is -2.30. The summed E-state index contributed by atoms with van der Waals surface area (Å²) < 4.78 is 25.3. The minimum atomic E-state index is -3.13. The number of rotatable bonds is 6. The summed E-state index contributed by atoms with van der Waals surface area (Å²) in [6, 6.07) is 3.63. The molecule has 0 amide bonds. The summed E-state index contributed by atoms with van der Waals surface area (Å²) in [6.45, 7) is 2.88. The van der Waals surface area contributed by atoms with Gasteiger partial charge in [-0.3, -0.25) is 0 Å². The van der Waals surface area contributed by atoms with E-state index in [-0.39, 0.29) is 11.8 Å². The Kier molecular flexibility index (Phi) is 5.42. The van der Waals surface area contributed by atoms with E-state index in [0.29, 0.717) is 10.1 Å². The zero-order valence-electron chi connectivity index (χ0n) is 11.5. The van der Waals surface area contributed by atoms with Crippen LogP contribution in [-0.4, -0.2) is 26.8 Å². The fourth-order valence-corrected chi connectivity index (χ4v) is 5.64. The molecule has 3 nitrogen and oxygen atoms in total. The summed E-state index contributed by atoms with van der Waals surface area (Å²) in [5, 5.41) is 5.22. The van der Waals surface area contributed by atoms with E-state index in [9.17, 15) is 8.42 Å². The maximum absolute atomic E-state index is 12.4. The predicted octanol–water partition coefficient (Wildman–Crippen LogP) is 3.08. The largest absolute Gasteiger partial charge is 0.313 e. The van der Waals surface area contributed by atoms with Gasteiger partial charge in [-0.2, -0.15) is 0 Å². The molecule has 0 saturated heterocycles. The zero-order valence-corrected chi connectivity index (χ0v) is 13.1. The number of nitrogens with one attached hydrogen (secondary N) is 1. The van der Waals surface area contributed by atoms with Crippen molar-refractivity contribution in [1.82, 2.24) is 5.32 Å². The molecule has 1 atom stereocenters. The third-order valence-electron chi connectivity index (χ3n) is 3.89. The third-order valence-corrected chi connectivity index (χ3v) is 7.14. The normalized spacial score (nSPS) is 19.4. The number of hydrogen-bond acceptors (Lipinski definition) is 4. The van der Waals surface area contributed by atoms with Gasteiger partial charge in [0.05, 0.1) is 5.75 Å². The highest BCUT2D eigenvalue weighted by Gasteiger charge is 2.28. The van der Waals surface area contributed by atoms with Crippen molar-refractivity contribution in [3.05, 3.63) is 17.5 Å². The van der Waals surface area contributed by atoms with Crippen LogP contribution in [0, 0.1) is 5.92 Å². The van der Waals surface area contributed by atoms with Gasteiger partial charge in [0.25, 0.3) is 0 Å². The topological polar surface area (TPSA) is 46.2 Å². The summed E-state index contributed by atoms with van der Waals surface area (Å²) in [5.41, 5.74) is 0. The van der Waals surface area contributed by atoms with Gasteiger partial charge in [0.1, 0.15) is 4.21 Å². The first-order valence-corrected chi connectivity index (χ1v) is 9.66. The molecule has 1 saturated carbocycles. The van der Waals surface area contributed by atoms with Gasteiger partial charge in [-0.1, -0.05) is 32.3 Å². The van der Waals surface area contributed by atoms with E-state index in [1.165, 1.54) is 30.6 Å². The second-order valence-corrected chi connectivity index (χ2v) is 8.48. The highest BCUT2D eigenvalue weighted by molar-refractivity contribution is 7.93. The highest BCUT2D eigenvalue weighted by Crippen LogP contribution is 2.28. The van der Waals surface area contributed by atoms with Crippen LogP contribution in [0.5, 0.6) is 0 Å². The monoisotopic (exact) mass is 301 g/mol. The molecule has 1 aromatic rings. The molecule has 108 valence electrons. The van der Waals surface area contributed by atoms with Crippen molar-refractivity contribution in [2.24, 2.45) is 5.92 Å². The third kappa shape index (κ3) is 4.04. The summed E-state index contributed by atoms with van der Waals surface area (Å²) >= 11 is 1.32. The minimum absolute atomic E-state index is 0.109. The average Bonchev–Trinajstić information content (AvgIpc) is 2.94. The lowest BCUT2D eigenvalue weighted by atomic mass is 9.84. The molecule has 1 fully saturated rings. The van der Waals surface area contributed by atoms with E-state index in [1.807, 2.05) is 12.3 Å². The molecule has 1 N–H and O–H groups in total. The summed E-state index contributed by atoms with van der Waals surface area (Å²) in [4.78, 5) is 0. The van der Waals surface area contributed by atoms with Crippen LogP contribution in [0.4, 0.5) is 0 Å². The first-order valence-electron chi connectivity index (χ1n) is 7.13. The van der Waals surface area contributed by atoms with Crippen molar-refractivity contribution < 1.29 is 8.42 Å². The molecule has 1 unspecified atom stereocenters. The van der Waals surface area contributed by atoms with E-state index < -0.39 is 9.84 Å². The smallest absolute Gasteiger partial charge is 0.189 e. The molecule has 1 aromatic heterocycles. The Labute approximate surface area is 120 Å². The molecular weight excluding hydrogens is 278 g/mol. The van der Waals surface area contributed by atoms with Crippen molar-refractivity contribution in [1.29, 1.82) is 0 Å². The van der Waals surface area contributed by atoms with Crippen molar-refractivity contribution >= 4 is 21.2 Å². The van der Waals surface area contributed by atoms with Gasteiger partial charge in [0, 0.05) is 6.04 Å². The molecule has 0 aromatic carbocycles. The van der Waals surface area contributed by atoms with Crippen LogP contribution in [0.2, 0.25) is 0 Å². The van der Waals surface area contributed by atoms with E-state index in [2.05, 4.69) is 5.32 Å². The molecular formula is C14H23NO2S2. The Morgan fingerprint density at radius 2 is 2.11 bits per heavy atom. The molecule has 0 radical (unpaired) electrons. The summed E-state index contributed by atoms with van der Waals surface area (Å²) in [6.07, 6.45) is 6.11. The molecule has 1 heterocycles. The molecule has 19 heavy (non-hydrogen) atoms. The fraction of sp³-hybridized carbons (Fsp3) is 0.714. The van der Waals surface area contributed by atoms with Crippen LogP contribution in [0.1, 0.15) is 39.0 Å². The number of sulfone groups is 1. The standard InChI is InChI=1S/C14H23NO2S2/c1-2-15-13(12-7-4-3-5-8-12)11-19(16,17)14-9-6-10-18-14/h6,9-10,12-13,15H,2-5,7-8,11H2,1H3. The van der Waals surface area contributed by atoms with Crippen LogP contribution in [0.3, 0.4) is 0 Å². The Hall–Kier alpha value is -0.390. The maximum atomic E-state index is 12.4. The van der Waals surface area contributed by atoms with Gasteiger partial charge >= 0.3 is 0 Å². The fourth-order valence-electron chi connectivity index (χ4n) is 2.92. The van der Waals surface area contributed by atoms with Crippen molar-refractivity contribution in [3.8, 4) is 0 Å². The molecule has 2 rings (SSSR count). The molecule has 1 aliphatic rings. The van der Waals surface area contributed by atoms with Gasteiger partial charge in [0.15, 0.2) is 9.84 Å². The quantitative estimate of drug-likeness (QED) is 0.878. The predicted molar refractivity (Wildman–Crippen MR) is 80.4 cm³/mol. The SMILES string of the molecule is CCNC(CS(=O)(=O)c1cccs1)C1CCCCC1. The lowest BCUT2D eigenvalue weighted by Crippen LogP contribution is -2.42. The van der Waals surface area contributed by atoms with E-state index in [4.69, 9.17) is 0 Å². The second kappa shape index (κ2) is 6.86. The van der Waals surface area contributed by atoms with Crippen LogP contribution < -0.4 is 5.32 Å². The van der Waals surface area contributed by atoms with Gasteiger partial charge in [-0.25, -0.2) is 8.42 Å². The second-order valence-electron chi connectivity index (χ2n) is 5.28. The Morgan fingerprint density at radius 3 is 2.68 bits per heavy atom. The molecule has 0 bridgehead atoms. The highest BCUT2D eigenvalue weighted by atomic mass is 32.2. The molecule has 0 aliphatic heterocycles. The van der Waals surface area contributed by atoms with Crippen LogP contribution in [-0.2, 0) is 9.84 Å². The maximum Gasteiger partial charge on any atom is 0.189 e. The summed E-state index contributed by atoms with van der Waals surface area (Å²) in [7, 11) is -3.13. The Balaban J connectivity index is 2.07. The van der Waals surface area contributed by atoms with Crippen molar-refractivity contribution in [3.63, 3.8) is 0 Å². The van der Waals surface area contributed by atoms with E-state index in [0.717, 1.165) is 19.4 Å². The van der Waals surface area contributed by atoms with Crippen LogP contribution >= 0.6 is 11.3 Å². The molecule has 0 spiro atoms. The first kappa shape index (κ1) is 15.0. The van der Waals surface area contributed by atoms with E-state index in [1.54, 1.807) is 12.1 Å². The van der Waals surface area contributed by atoms with Gasteiger partial charge in [0.2, 0.25) is 0 Å². The minimum Gasteiger partial charge on any atom is -0.313 e. The number of hydrogen-bond donors (Lipinski definition) is 1. The Bertz CT molecular complexity index is 462. The number of thiophene rings is 1. The first-order chi connectivity index (χ1) is 9.13. The molecule has 5 heteroatoms. The molecule has 1 aliphatic carbocycles. The van der Waals surface area contributed by atoms with Gasteiger partial charge < -0.3 is 5.32 Å². The van der Waals surface area contributed by atoms with E-state index >= 15 is 0 Å². The average molecular weight is 301 g/mol. The summed E-state index contributed by atoms with van der Waals surface area (Å²) in [5.74, 6) is 0.759.